The molecule has 0 spiro atoms. The number of aliphatic hydroxyl groups is 1. The van der Waals surface area contributed by atoms with Crippen molar-refractivity contribution in [3.8, 4) is 0 Å². The fourth-order valence-corrected chi connectivity index (χ4v) is 2.75. The molecule has 2 rings (SSSR count). The number of ether oxygens (including phenoxy) is 1. The first-order valence-electron chi connectivity index (χ1n) is 8.45. The molecule has 1 fully saturated rings. The lowest BCUT2D eigenvalue weighted by Crippen LogP contribution is -2.46. The summed E-state index contributed by atoms with van der Waals surface area (Å²) < 4.78 is 5.98. The molecule has 1 N–H and O–H groups in total. The summed E-state index contributed by atoms with van der Waals surface area (Å²) in [6, 6.07) is 10.6. The third-order valence-electron chi connectivity index (χ3n) is 3.75. The molecule has 0 amide bonds. The van der Waals surface area contributed by atoms with E-state index in [1.165, 1.54) is 5.56 Å². The van der Waals surface area contributed by atoms with Crippen molar-refractivity contribution in [2.75, 3.05) is 19.7 Å². The molecule has 0 aromatic heterocycles. The standard InChI is InChI=1S/C16H25NO2.C4H6/c1-14-11-17(12-15-7-3-2-4-8-15)13-16(19-14)9-5-6-10-18;1-3-4-2/h2-4,7-8,14,16,18H,5-6,9-13H2,1H3;3-4H,1-2H2. The Morgan fingerprint density at radius 2 is 1.87 bits per heavy atom. The van der Waals surface area contributed by atoms with Crippen molar-refractivity contribution in [2.45, 2.75) is 44.9 Å². The highest BCUT2D eigenvalue weighted by atomic mass is 16.5. The third-order valence-corrected chi connectivity index (χ3v) is 3.75. The maximum Gasteiger partial charge on any atom is 0.0706 e. The minimum atomic E-state index is 0.288. The Balaban J connectivity index is 0.000000593. The van der Waals surface area contributed by atoms with Gasteiger partial charge in [0.1, 0.15) is 0 Å². The Bertz CT molecular complexity index is 427. The van der Waals surface area contributed by atoms with Crippen LogP contribution in [-0.2, 0) is 11.3 Å². The molecule has 1 aliphatic rings. The lowest BCUT2D eigenvalue weighted by atomic mass is 10.1. The van der Waals surface area contributed by atoms with Gasteiger partial charge in [-0.05, 0) is 31.7 Å². The van der Waals surface area contributed by atoms with Gasteiger partial charge in [-0.2, -0.15) is 0 Å². The Hall–Kier alpha value is -1.42. The molecule has 23 heavy (non-hydrogen) atoms. The van der Waals surface area contributed by atoms with E-state index in [-0.39, 0.29) is 6.61 Å². The molecular formula is C20H31NO2. The maximum absolute atomic E-state index is 8.84. The second-order valence-electron chi connectivity index (χ2n) is 5.94. The molecular weight excluding hydrogens is 286 g/mol. The van der Waals surface area contributed by atoms with Crippen LogP contribution in [0.15, 0.2) is 55.6 Å². The Morgan fingerprint density at radius 1 is 1.17 bits per heavy atom. The monoisotopic (exact) mass is 317 g/mol. The predicted octanol–water partition coefficient (Wildman–Crippen LogP) is 3.80. The first-order valence-corrected chi connectivity index (χ1v) is 8.45. The van der Waals surface area contributed by atoms with E-state index >= 15 is 0 Å². The predicted molar refractivity (Wildman–Crippen MR) is 97.4 cm³/mol. The van der Waals surface area contributed by atoms with E-state index in [1.54, 1.807) is 12.2 Å². The number of unbranched alkanes of at least 4 members (excludes halogenated alkanes) is 1. The number of nitrogens with zero attached hydrogens (tertiary/aromatic N) is 1. The first-order chi connectivity index (χ1) is 11.2. The van der Waals surface area contributed by atoms with Crippen LogP contribution < -0.4 is 0 Å². The average Bonchev–Trinajstić information content (AvgIpc) is 2.56. The van der Waals surface area contributed by atoms with E-state index in [0.29, 0.717) is 12.2 Å². The summed E-state index contributed by atoms with van der Waals surface area (Å²) in [5, 5.41) is 8.84. The minimum absolute atomic E-state index is 0.288. The van der Waals surface area contributed by atoms with Crippen molar-refractivity contribution in [3.63, 3.8) is 0 Å². The fraction of sp³-hybridized carbons (Fsp3) is 0.500. The van der Waals surface area contributed by atoms with Gasteiger partial charge in [0.25, 0.3) is 0 Å². The zero-order chi connectivity index (χ0) is 16.9. The summed E-state index contributed by atoms with van der Waals surface area (Å²) in [6.45, 7) is 12.2. The molecule has 1 aromatic rings. The van der Waals surface area contributed by atoms with Crippen LogP contribution in [0.3, 0.4) is 0 Å². The van der Waals surface area contributed by atoms with Gasteiger partial charge in [0.15, 0.2) is 0 Å². The summed E-state index contributed by atoms with van der Waals surface area (Å²) in [4.78, 5) is 2.48. The van der Waals surface area contributed by atoms with Crippen LogP contribution in [0, 0.1) is 0 Å². The van der Waals surface area contributed by atoms with Crippen molar-refractivity contribution >= 4 is 0 Å². The summed E-state index contributed by atoms with van der Waals surface area (Å²) in [5.41, 5.74) is 1.37. The summed E-state index contributed by atoms with van der Waals surface area (Å²) >= 11 is 0. The number of morpholine rings is 1. The van der Waals surface area contributed by atoms with E-state index in [2.05, 4.69) is 55.3 Å². The zero-order valence-corrected chi connectivity index (χ0v) is 14.4. The van der Waals surface area contributed by atoms with Crippen molar-refractivity contribution in [1.29, 1.82) is 0 Å². The number of benzene rings is 1. The van der Waals surface area contributed by atoms with Crippen LogP contribution in [0.4, 0.5) is 0 Å². The molecule has 128 valence electrons. The van der Waals surface area contributed by atoms with Crippen LogP contribution in [-0.4, -0.2) is 41.9 Å². The average molecular weight is 317 g/mol. The van der Waals surface area contributed by atoms with Gasteiger partial charge >= 0.3 is 0 Å². The Labute approximate surface area is 141 Å². The Morgan fingerprint density at radius 3 is 2.48 bits per heavy atom. The quantitative estimate of drug-likeness (QED) is 0.613. The highest BCUT2D eigenvalue weighted by Crippen LogP contribution is 2.18. The normalized spacial score (nSPS) is 21.1. The molecule has 0 saturated carbocycles. The summed E-state index contributed by atoms with van der Waals surface area (Å²) in [5.74, 6) is 0. The van der Waals surface area contributed by atoms with Crippen molar-refractivity contribution < 1.29 is 9.84 Å². The lowest BCUT2D eigenvalue weighted by molar-refractivity contribution is -0.0828. The topological polar surface area (TPSA) is 32.7 Å². The first kappa shape index (κ1) is 19.6. The molecule has 3 heteroatoms. The number of rotatable bonds is 7. The van der Waals surface area contributed by atoms with Gasteiger partial charge in [-0.1, -0.05) is 55.6 Å². The van der Waals surface area contributed by atoms with Gasteiger partial charge in [0, 0.05) is 26.2 Å². The molecule has 2 atom stereocenters. The van der Waals surface area contributed by atoms with E-state index in [0.717, 1.165) is 38.9 Å². The van der Waals surface area contributed by atoms with Gasteiger partial charge in [0.05, 0.1) is 12.2 Å². The van der Waals surface area contributed by atoms with Crippen LogP contribution in [0.2, 0.25) is 0 Å². The van der Waals surface area contributed by atoms with Gasteiger partial charge in [-0.3, -0.25) is 4.90 Å². The minimum Gasteiger partial charge on any atom is -0.396 e. The molecule has 0 aliphatic carbocycles. The van der Waals surface area contributed by atoms with Crippen LogP contribution in [0.1, 0.15) is 31.7 Å². The van der Waals surface area contributed by atoms with Crippen molar-refractivity contribution in [1.82, 2.24) is 4.90 Å². The van der Waals surface area contributed by atoms with E-state index in [1.807, 2.05) is 0 Å². The van der Waals surface area contributed by atoms with Gasteiger partial charge in [0.2, 0.25) is 0 Å². The van der Waals surface area contributed by atoms with Crippen LogP contribution in [0.25, 0.3) is 0 Å². The van der Waals surface area contributed by atoms with Gasteiger partial charge in [-0.15, -0.1) is 0 Å². The number of aliphatic hydroxyl groups excluding tert-OH is 1. The largest absolute Gasteiger partial charge is 0.396 e. The highest BCUT2D eigenvalue weighted by molar-refractivity contribution is 5.14. The molecule has 1 aliphatic heterocycles. The maximum atomic E-state index is 8.84. The molecule has 1 heterocycles. The number of hydrogen-bond acceptors (Lipinski definition) is 3. The van der Waals surface area contributed by atoms with Crippen molar-refractivity contribution in [3.05, 3.63) is 61.2 Å². The molecule has 1 saturated heterocycles. The summed E-state index contributed by atoms with van der Waals surface area (Å²) in [6.07, 6.45) is 6.88. The zero-order valence-electron chi connectivity index (χ0n) is 14.4. The third kappa shape index (κ3) is 8.70. The number of allylic oxidation sites excluding steroid dienone is 2. The molecule has 2 unspecified atom stereocenters. The molecule has 0 bridgehead atoms. The van der Waals surface area contributed by atoms with Crippen LogP contribution >= 0.6 is 0 Å². The molecule has 1 aromatic carbocycles. The number of hydrogen-bond donors (Lipinski definition) is 1. The Kier molecular flexibility index (Phi) is 10.3. The smallest absolute Gasteiger partial charge is 0.0706 e. The van der Waals surface area contributed by atoms with Crippen molar-refractivity contribution in [2.24, 2.45) is 0 Å². The second-order valence-corrected chi connectivity index (χ2v) is 5.94. The van der Waals surface area contributed by atoms with E-state index in [4.69, 9.17) is 9.84 Å². The van der Waals surface area contributed by atoms with E-state index < -0.39 is 0 Å². The fourth-order valence-electron chi connectivity index (χ4n) is 2.75. The SMILES string of the molecule is C=CC=C.CC1CN(Cc2ccccc2)CC(CCCCO)O1. The molecule has 0 radical (unpaired) electrons. The second kappa shape index (κ2) is 12.1. The molecule has 3 nitrogen and oxygen atoms in total. The van der Waals surface area contributed by atoms with Crippen LogP contribution in [0.5, 0.6) is 0 Å². The lowest BCUT2D eigenvalue weighted by Gasteiger charge is -2.37. The summed E-state index contributed by atoms with van der Waals surface area (Å²) in [7, 11) is 0. The van der Waals surface area contributed by atoms with Gasteiger partial charge in [-0.25, -0.2) is 0 Å². The highest BCUT2D eigenvalue weighted by Gasteiger charge is 2.24. The van der Waals surface area contributed by atoms with Gasteiger partial charge < -0.3 is 9.84 Å². The van der Waals surface area contributed by atoms with E-state index in [9.17, 15) is 0 Å².